The highest BCUT2D eigenvalue weighted by Crippen LogP contribution is 2.50. The van der Waals surface area contributed by atoms with Gasteiger partial charge in [-0.25, -0.2) is 9.59 Å². The van der Waals surface area contributed by atoms with Crippen LogP contribution in [0.1, 0.15) is 76.5 Å². The molecule has 208 valence electrons. The number of ether oxygens (including phenoxy) is 2. The van der Waals surface area contributed by atoms with Gasteiger partial charge in [0.05, 0.1) is 30.5 Å². The zero-order chi connectivity index (χ0) is 27.8. The number of allylic oxidation sites excluding steroid dienone is 2. The molecule has 1 aromatic rings. The van der Waals surface area contributed by atoms with Crippen molar-refractivity contribution < 1.29 is 32.2 Å². The predicted octanol–water partition coefficient (Wildman–Crippen LogP) is 7.65. The Balaban J connectivity index is 1.77. The van der Waals surface area contributed by atoms with Crippen LogP contribution in [0.4, 0.5) is 28.4 Å². The minimum atomic E-state index is -4.57. The van der Waals surface area contributed by atoms with Gasteiger partial charge in [0.15, 0.2) is 0 Å². The van der Waals surface area contributed by atoms with Crippen LogP contribution in [0.5, 0.6) is 0 Å². The molecule has 2 amide bonds. The molecule has 0 radical (unpaired) electrons. The second kappa shape index (κ2) is 11.0. The fourth-order valence-electron chi connectivity index (χ4n) is 5.65. The minimum absolute atomic E-state index is 0.192. The number of rotatable bonds is 6. The van der Waals surface area contributed by atoms with Crippen molar-refractivity contribution in [2.75, 3.05) is 18.6 Å². The number of methoxy groups -OCH3 is 1. The van der Waals surface area contributed by atoms with Crippen LogP contribution in [0.15, 0.2) is 42.0 Å². The third kappa shape index (κ3) is 6.02. The first-order valence-electron chi connectivity index (χ1n) is 13.3. The van der Waals surface area contributed by atoms with Gasteiger partial charge in [-0.05, 0) is 94.9 Å². The lowest BCUT2D eigenvalue weighted by molar-refractivity contribution is -0.137. The first-order chi connectivity index (χ1) is 17.9. The maximum absolute atomic E-state index is 13.8. The molecule has 9 heteroatoms. The number of amides is 2. The monoisotopic (exact) mass is 534 g/mol. The zero-order valence-electron chi connectivity index (χ0n) is 22.5. The van der Waals surface area contributed by atoms with Crippen LogP contribution in [0.2, 0.25) is 0 Å². The van der Waals surface area contributed by atoms with E-state index in [1.165, 1.54) is 23.0 Å². The average molecular weight is 535 g/mol. The normalized spacial score (nSPS) is 23.4. The van der Waals surface area contributed by atoms with E-state index >= 15 is 0 Å². The Hall–Kier alpha value is -2.97. The molecule has 1 fully saturated rings. The first-order valence-corrected chi connectivity index (χ1v) is 13.3. The van der Waals surface area contributed by atoms with Gasteiger partial charge < -0.3 is 9.47 Å². The maximum atomic E-state index is 13.8. The lowest BCUT2D eigenvalue weighted by Crippen LogP contribution is -2.50. The van der Waals surface area contributed by atoms with Gasteiger partial charge in [0, 0.05) is 12.6 Å². The molecule has 1 aromatic carbocycles. The maximum Gasteiger partial charge on any atom is 0.416 e. The smallest absolute Gasteiger partial charge is 0.416 e. The van der Waals surface area contributed by atoms with Gasteiger partial charge in [-0.2, -0.15) is 13.2 Å². The molecule has 0 spiro atoms. The third-order valence-electron chi connectivity index (χ3n) is 7.83. The van der Waals surface area contributed by atoms with Crippen LogP contribution in [-0.2, 0) is 15.7 Å². The summed E-state index contributed by atoms with van der Waals surface area (Å²) < 4.78 is 52.1. The molecule has 6 nitrogen and oxygen atoms in total. The second-order valence-corrected chi connectivity index (χ2v) is 11.0. The number of nitrogens with zero attached hydrogens (tertiary/aromatic N) is 2. The standard InChI is InChI=1S/C29H37F3N2O4/c1-17(2)20-8-6-19(7-9-20)16-33(27(35)37-5)26-15-25(21-10-11-21)34(28(36)38-18(3)4)24-13-12-22(14-23(24)26)29(30,31)32/h6,12-14,18,20-21,25-26H,1,7-11,15-16H2,2-5H3/t20?,25-,26-/m1/s1. The molecule has 38 heavy (non-hydrogen) atoms. The summed E-state index contributed by atoms with van der Waals surface area (Å²) >= 11 is 0. The van der Waals surface area contributed by atoms with Crippen LogP contribution in [0, 0.1) is 11.8 Å². The van der Waals surface area contributed by atoms with E-state index in [2.05, 4.69) is 12.7 Å². The van der Waals surface area contributed by atoms with Crippen molar-refractivity contribution in [3.63, 3.8) is 0 Å². The van der Waals surface area contributed by atoms with Crippen molar-refractivity contribution in [3.8, 4) is 0 Å². The Morgan fingerprint density at radius 1 is 1.21 bits per heavy atom. The molecule has 1 heterocycles. The number of carbonyl (C=O) groups is 2. The number of halogens is 3. The number of hydrogen-bond acceptors (Lipinski definition) is 4. The number of hydrogen-bond donors (Lipinski definition) is 0. The fraction of sp³-hybridized carbons (Fsp3) is 0.586. The van der Waals surface area contributed by atoms with E-state index in [-0.39, 0.29) is 30.2 Å². The molecular formula is C29H37F3N2O4. The molecule has 3 aliphatic rings. The quantitative estimate of drug-likeness (QED) is 0.352. The van der Waals surface area contributed by atoms with E-state index in [1.807, 2.05) is 6.92 Å². The molecule has 1 aliphatic heterocycles. The van der Waals surface area contributed by atoms with E-state index in [0.717, 1.165) is 55.4 Å². The van der Waals surface area contributed by atoms with Crippen molar-refractivity contribution >= 4 is 17.9 Å². The second-order valence-electron chi connectivity index (χ2n) is 11.0. The van der Waals surface area contributed by atoms with Crippen LogP contribution in [0.3, 0.4) is 0 Å². The number of benzene rings is 1. The minimum Gasteiger partial charge on any atom is -0.453 e. The summed E-state index contributed by atoms with van der Waals surface area (Å²) in [6, 6.07) is 2.42. The van der Waals surface area contributed by atoms with E-state index in [0.29, 0.717) is 18.0 Å². The fourth-order valence-corrected chi connectivity index (χ4v) is 5.65. The lowest BCUT2D eigenvalue weighted by Gasteiger charge is -2.44. The predicted molar refractivity (Wildman–Crippen MR) is 139 cm³/mol. The van der Waals surface area contributed by atoms with Crippen LogP contribution in [-0.4, -0.2) is 42.9 Å². The van der Waals surface area contributed by atoms with Crippen molar-refractivity contribution in [1.82, 2.24) is 4.90 Å². The SMILES string of the molecule is C=C(C)C1CC=C(CN(C(=O)OC)[C@@H]2C[C@H](C3CC3)N(C(=O)OC(C)C)c3ccc(C(F)(F)F)cc32)CC1. The summed E-state index contributed by atoms with van der Waals surface area (Å²) in [5, 5.41) is 0. The van der Waals surface area contributed by atoms with Gasteiger partial charge >= 0.3 is 18.4 Å². The molecule has 1 saturated carbocycles. The Morgan fingerprint density at radius 3 is 2.45 bits per heavy atom. The van der Waals surface area contributed by atoms with Gasteiger partial charge in [-0.1, -0.05) is 23.8 Å². The van der Waals surface area contributed by atoms with Crippen LogP contribution >= 0.6 is 0 Å². The summed E-state index contributed by atoms with van der Waals surface area (Å²) in [5.41, 5.74) is 1.97. The summed E-state index contributed by atoms with van der Waals surface area (Å²) in [7, 11) is 1.28. The number of carbonyl (C=O) groups excluding carboxylic acids is 2. The van der Waals surface area contributed by atoms with E-state index in [1.54, 1.807) is 13.8 Å². The van der Waals surface area contributed by atoms with Crippen LogP contribution in [0.25, 0.3) is 0 Å². The van der Waals surface area contributed by atoms with E-state index in [9.17, 15) is 22.8 Å². The van der Waals surface area contributed by atoms with Crippen molar-refractivity contribution in [3.05, 3.63) is 53.1 Å². The molecule has 2 aliphatic carbocycles. The van der Waals surface area contributed by atoms with Gasteiger partial charge in [0.2, 0.25) is 0 Å². The Kier molecular flexibility index (Phi) is 8.14. The van der Waals surface area contributed by atoms with E-state index < -0.39 is 30.0 Å². The van der Waals surface area contributed by atoms with Gasteiger partial charge in [0.25, 0.3) is 0 Å². The topological polar surface area (TPSA) is 59.1 Å². The molecular weight excluding hydrogens is 497 g/mol. The number of fused-ring (bicyclic) bond motifs is 1. The van der Waals surface area contributed by atoms with Gasteiger partial charge in [-0.3, -0.25) is 9.80 Å². The zero-order valence-corrected chi connectivity index (χ0v) is 22.5. The molecule has 0 bridgehead atoms. The molecule has 3 atom stereocenters. The molecule has 1 unspecified atom stereocenters. The summed E-state index contributed by atoms with van der Waals surface area (Å²) in [6.07, 6.45) is 0.592. The van der Waals surface area contributed by atoms with Crippen molar-refractivity contribution in [2.24, 2.45) is 11.8 Å². The number of alkyl halides is 3. The average Bonchev–Trinajstić information content (AvgIpc) is 3.70. The molecule has 0 saturated heterocycles. The highest BCUT2D eigenvalue weighted by Gasteiger charge is 2.48. The largest absolute Gasteiger partial charge is 0.453 e. The molecule has 0 N–H and O–H groups in total. The summed E-state index contributed by atoms with van der Waals surface area (Å²) in [5.74, 6) is 0.576. The summed E-state index contributed by atoms with van der Waals surface area (Å²) in [4.78, 5) is 29.4. The Bertz CT molecular complexity index is 1110. The molecule has 0 aromatic heterocycles. The van der Waals surface area contributed by atoms with E-state index in [4.69, 9.17) is 9.47 Å². The van der Waals surface area contributed by atoms with Crippen LogP contribution < -0.4 is 4.90 Å². The Morgan fingerprint density at radius 2 is 1.92 bits per heavy atom. The first kappa shape index (κ1) is 28.0. The third-order valence-corrected chi connectivity index (χ3v) is 7.83. The van der Waals surface area contributed by atoms with Crippen molar-refractivity contribution in [1.29, 1.82) is 0 Å². The highest BCUT2D eigenvalue weighted by molar-refractivity contribution is 5.91. The highest BCUT2D eigenvalue weighted by atomic mass is 19.4. The molecule has 4 rings (SSSR count). The van der Waals surface area contributed by atoms with Gasteiger partial charge in [0.1, 0.15) is 0 Å². The number of anilines is 1. The lowest BCUT2D eigenvalue weighted by atomic mass is 9.84. The van der Waals surface area contributed by atoms with Gasteiger partial charge in [-0.15, -0.1) is 0 Å². The summed E-state index contributed by atoms with van der Waals surface area (Å²) in [6.45, 7) is 9.79. The Labute approximate surface area is 222 Å². The van der Waals surface area contributed by atoms with Crippen molar-refractivity contribution in [2.45, 2.75) is 83.7 Å².